The van der Waals surface area contributed by atoms with Gasteiger partial charge in [-0.05, 0) is 0 Å². The molecule has 0 amide bonds. The monoisotopic (exact) mass is 263 g/mol. The normalized spacial score (nSPS) is 12.0. The minimum atomic E-state index is -0.709. The van der Waals surface area contributed by atoms with Gasteiger partial charge in [0, 0.05) is 0 Å². The standard InChI is InChI=1S/C6H8NOS.Sn.H/c1-6(2,8)5-3-7-4-9-5;;/h3,8H,1-2H3;;. The van der Waals surface area contributed by atoms with E-state index in [-0.39, 0.29) is 0 Å². The molecule has 0 aliphatic carbocycles. The summed E-state index contributed by atoms with van der Waals surface area (Å²) in [4.78, 5) is 5.05. The van der Waals surface area contributed by atoms with Gasteiger partial charge in [-0.1, -0.05) is 0 Å². The van der Waals surface area contributed by atoms with E-state index in [0.29, 0.717) is 0 Å². The predicted molar refractivity (Wildman–Crippen MR) is 44.1 cm³/mol. The molecule has 0 spiro atoms. The van der Waals surface area contributed by atoms with Gasteiger partial charge in [-0.15, -0.1) is 0 Å². The van der Waals surface area contributed by atoms with Gasteiger partial charge in [0.05, 0.1) is 0 Å². The van der Waals surface area contributed by atoms with Crippen LogP contribution in [0.1, 0.15) is 18.7 Å². The number of rotatable bonds is 1. The van der Waals surface area contributed by atoms with Crippen LogP contribution in [0.3, 0.4) is 0 Å². The van der Waals surface area contributed by atoms with Crippen molar-refractivity contribution in [3.05, 3.63) is 11.1 Å². The van der Waals surface area contributed by atoms with Crippen molar-refractivity contribution in [2.24, 2.45) is 0 Å². The van der Waals surface area contributed by atoms with Crippen LogP contribution < -0.4 is 3.02 Å². The van der Waals surface area contributed by atoms with Crippen molar-refractivity contribution < 1.29 is 5.11 Å². The molecule has 2 nitrogen and oxygen atoms in total. The van der Waals surface area contributed by atoms with Gasteiger partial charge >= 0.3 is 77.5 Å². The Bertz CT molecular complexity index is 228. The van der Waals surface area contributed by atoms with E-state index < -0.39 is 5.60 Å². The second-order valence-corrected chi connectivity index (χ2v) is 6.44. The quantitative estimate of drug-likeness (QED) is 0.717. The van der Waals surface area contributed by atoms with Crippen LogP contribution in [-0.4, -0.2) is 32.6 Å². The third-order valence-electron chi connectivity index (χ3n) is 1.13. The molecule has 1 aromatic heterocycles. The number of hydrogen-bond acceptors (Lipinski definition) is 3. The summed E-state index contributed by atoms with van der Waals surface area (Å²) in [6, 6.07) is 0. The van der Waals surface area contributed by atoms with Gasteiger partial charge in [0.1, 0.15) is 0 Å². The number of thiazole rings is 1. The van der Waals surface area contributed by atoms with Gasteiger partial charge in [0.2, 0.25) is 0 Å². The summed E-state index contributed by atoms with van der Waals surface area (Å²) in [7, 11) is 0. The SMILES string of the molecule is CC(C)(O)c1cn[c]([SnH])s1. The maximum absolute atomic E-state index is 9.49. The Labute approximate surface area is 77.4 Å². The Morgan fingerprint density at radius 3 is 2.50 bits per heavy atom. The molecule has 54 valence electrons. The minimum absolute atomic E-state index is 0.709. The van der Waals surface area contributed by atoms with Crippen LogP contribution in [0, 0.1) is 0 Å². The molecule has 0 aliphatic heterocycles. The Morgan fingerprint density at radius 2 is 2.30 bits per heavy atom. The van der Waals surface area contributed by atoms with Crippen LogP contribution in [0.15, 0.2) is 6.20 Å². The van der Waals surface area contributed by atoms with Gasteiger partial charge in [0.25, 0.3) is 0 Å². The van der Waals surface area contributed by atoms with E-state index in [1.807, 2.05) is 0 Å². The molecule has 0 unspecified atom stereocenters. The second kappa shape index (κ2) is 2.79. The van der Waals surface area contributed by atoms with Gasteiger partial charge in [0.15, 0.2) is 0 Å². The van der Waals surface area contributed by atoms with E-state index in [2.05, 4.69) is 4.98 Å². The van der Waals surface area contributed by atoms with Crippen LogP contribution in [0.25, 0.3) is 0 Å². The first kappa shape index (κ1) is 8.48. The summed E-state index contributed by atoms with van der Waals surface area (Å²) in [6.07, 6.45) is 1.75. The van der Waals surface area contributed by atoms with E-state index in [1.54, 1.807) is 31.4 Å². The van der Waals surface area contributed by atoms with Gasteiger partial charge in [-0.3, -0.25) is 0 Å². The summed E-state index contributed by atoms with van der Waals surface area (Å²) >= 11 is 2.63. The Kier molecular flexibility index (Phi) is 2.37. The molecule has 0 atom stereocenters. The van der Waals surface area contributed by atoms with Crippen molar-refractivity contribution >= 4 is 36.9 Å². The molecule has 0 bridgehead atoms. The average molecular weight is 262 g/mol. The molecule has 0 saturated heterocycles. The molecule has 1 heterocycles. The van der Waals surface area contributed by atoms with E-state index in [9.17, 15) is 5.11 Å². The predicted octanol–water partition coefficient (Wildman–Crippen LogP) is -0.103. The number of aromatic nitrogens is 1. The molecule has 0 fully saturated rings. The fraction of sp³-hybridized carbons (Fsp3) is 0.500. The summed E-state index contributed by atoms with van der Waals surface area (Å²) in [6.45, 7) is 3.56. The Balaban J connectivity index is 2.96. The molecule has 10 heavy (non-hydrogen) atoms. The maximum atomic E-state index is 9.49. The number of nitrogens with zero attached hydrogens (tertiary/aromatic N) is 1. The van der Waals surface area contributed by atoms with Crippen molar-refractivity contribution in [1.29, 1.82) is 0 Å². The van der Waals surface area contributed by atoms with Crippen LogP contribution in [-0.2, 0) is 5.60 Å². The third kappa shape index (κ3) is 1.93. The van der Waals surface area contributed by atoms with Crippen LogP contribution in [0.5, 0.6) is 0 Å². The van der Waals surface area contributed by atoms with Gasteiger partial charge in [-0.2, -0.15) is 0 Å². The Hall–Kier alpha value is 0.389. The van der Waals surface area contributed by atoms with E-state index in [4.69, 9.17) is 0 Å². The molecule has 0 aromatic carbocycles. The average Bonchev–Trinajstić information content (AvgIpc) is 2.11. The van der Waals surface area contributed by atoms with Crippen molar-refractivity contribution in [3.63, 3.8) is 0 Å². The molecule has 4 heteroatoms. The second-order valence-electron chi connectivity index (χ2n) is 2.62. The van der Waals surface area contributed by atoms with Crippen LogP contribution in [0.4, 0.5) is 0 Å². The first-order valence-corrected chi connectivity index (χ1v) is 5.41. The molecule has 0 saturated carbocycles. The fourth-order valence-electron chi connectivity index (χ4n) is 0.570. The molecular formula is C6H9NOSSn. The summed E-state index contributed by atoms with van der Waals surface area (Å²) in [5.41, 5.74) is -0.709. The van der Waals surface area contributed by atoms with Crippen LogP contribution >= 0.6 is 11.3 Å². The van der Waals surface area contributed by atoms with Gasteiger partial charge in [-0.25, -0.2) is 0 Å². The fourth-order valence-corrected chi connectivity index (χ4v) is 2.56. The zero-order chi connectivity index (χ0) is 7.78. The van der Waals surface area contributed by atoms with Gasteiger partial charge < -0.3 is 0 Å². The number of aliphatic hydroxyl groups is 1. The zero-order valence-electron chi connectivity index (χ0n) is 5.96. The Morgan fingerprint density at radius 1 is 1.70 bits per heavy atom. The van der Waals surface area contributed by atoms with Crippen molar-refractivity contribution in [2.75, 3.05) is 0 Å². The molecule has 1 aromatic rings. The molecule has 1 N–H and O–H groups in total. The van der Waals surface area contributed by atoms with E-state index >= 15 is 0 Å². The molecule has 1 rings (SSSR count). The van der Waals surface area contributed by atoms with E-state index in [1.165, 1.54) is 0 Å². The first-order chi connectivity index (χ1) is 4.50. The topological polar surface area (TPSA) is 33.1 Å². The van der Waals surface area contributed by atoms with Crippen molar-refractivity contribution in [2.45, 2.75) is 19.4 Å². The number of hydrogen-bond donors (Lipinski definition) is 1. The van der Waals surface area contributed by atoms with Crippen molar-refractivity contribution in [3.8, 4) is 0 Å². The molecule has 2 radical (unpaired) electrons. The molecule has 0 aliphatic rings. The third-order valence-corrected chi connectivity index (χ3v) is 3.70. The molecular weight excluding hydrogens is 253 g/mol. The first-order valence-electron chi connectivity index (χ1n) is 2.94. The summed E-state index contributed by atoms with van der Waals surface area (Å²) < 4.78 is 1.13. The van der Waals surface area contributed by atoms with E-state index in [0.717, 1.165) is 30.4 Å². The summed E-state index contributed by atoms with van der Waals surface area (Å²) in [5, 5.41) is 9.49. The summed E-state index contributed by atoms with van der Waals surface area (Å²) in [5.74, 6) is 0. The van der Waals surface area contributed by atoms with Crippen LogP contribution in [0.2, 0.25) is 0 Å². The van der Waals surface area contributed by atoms with Crippen molar-refractivity contribution in [1.82, 2.24) is 4.98 Å². The zero-order valence-corrected chi connectivity index (χ0v) is 10.1.